The maximum atomic E-state index is 13.7. The molecule has 1 aliphatic heterocycles. The number of anilines is 1. The van der Waals surface area contributed by atoms with E-state index in [0.717, 1.165) is 12.8 Å². The summed E-state index contributed by atoms with van der Waals surface area (Å²) in [4.78, 5) is 15.7. The zero-order valence-corrected chi connectivity index (χ0v) is 29.4. The van der Waals surface area contributed by atoms with Crippen LogP contribution in [-0.2, 0) is 10.0 Å². The summed E-state index contributed by atoms with van der Waals surface area (Å²) < 4.78 is 35.5. The monoisotopic (exact) mass is 670 g/mol. The van der Waals surface area contributed by atoms with E-state index in [1.165, 1.54) is 110 Å². The van der Waals surface area contributed by atoms with Crippen LogP contribution in [0.4, 0.5) is 5.69 Å². The summed E-state index contributed by atoms with van der Waals surface area (Å²) in [6, 6.07) is 12.8. The molecule has 3 heterocycles. The van der Waals surface area contributed by atoms with E-state index in [-0.39, 0.29) is 11.3 Å². The van der Waals surface area contributed by atoms with Crippen LogP contribution in [0.2, 0.25) is 0 Å². The molecule has 46 heavy (non-hydrogen) atoms. The highest BCUT2D eigenvalue weighted by Crippen LogP contribution is 2.28. The maximum Gasteiger partial charge on any atom is 0.316 e. The molecule has 0 N–H and O–H groups in total. The van der Waals surface area contributed by atoms with Gasteiger partial charge in [-0.05, 0) is 30.0 Å². The molecule has 1 aromatic carbocycles. The molecule has 3 aromatic rings. The number of rotatable bonds is 22. The molecule has 8 nitrogen and oxygen atoms in total. The van der Waals surface area contributed by atoms with Crippen molar-refractivity contribution in [1.82, 2.24) is 14.1 Å². The third-order valence-electron chi connectivity index (χ3n) is 8.83. The van der Waals surface area contributed by atoms with Gasteiger partial charge in [0.2, 0.25) is 5.75 Å². The number of hydrogen-bond acceptors (Lipinski definition) is 7. The summed E-state index contributed by atoms with van der Waals surface area (Å²) >= 11 is 1.23. The molecule has 0 atom stereocenters. The molecule has 0 radical (unpaired) electrons. The van der Waals surface area contributed by atoms with Gasteiger partial charge in [0, 0.05) is 26.2 Å². The number of thiophene rings is 1. The standard InChI is InChI=1S/C36H54N4O4S2/c1-2-3-4-5-6-7-8-9-10-11-12-13-14-15-16-20-29-44-35-33(31-37-40(36(35)41)32-22-18-17-19-23-32)38-25-27-39(28-26-38)46(42,43)34-24-21-30-45-34/h17-19,21-24,30-31H,2-16,20,25-29H2,1H3. The van der Waals surface area contributed by atoms with Crippen LogP contribution < -0.4 is 15.2 Å². The molecule has 1 saturated heterocycles. The van der Waals surface area contributed by atoms with E-state index in [2.05, 4.69) is 12.0 Å². The molecule has 0 unspecified atom stereocenters. The summed E-state index contributed by atoms with van der Waals surface area (Å²) in [6.07, 6.45) is 22.6. The van der Waals surface area contributed by atoms with Crippen molar-refractivity contribution in [1.29, 1.82) is 0 Å². The van der Waals surface area contributed by atoms with E-state index in [0.29, 0.717) is 48.4 Å². The molecule has 0 saturated carbocycles. The van der Waals surface area contributed by atoms with Crippen LogP contribution in [0, 0.1) is 0 Å². The molecule has 0 spiro atoms. The summed E-state index contributed by atoms with van der Waals surface area (Å²) in [5.41, 5.74) is 1.01. The molecule has 254 valence electrons. The Kier molecular flexibility index (Phi) is 15.6. The summed E-state index contributed by atoms with van der Waals surface area (Å²) in [7, 11) is -3.51. The molecule has 0 bridgehead atoms. The van der Waals surface area contributed by atoms with Gasteiger partial charge in [-0.2, -0.15) is 14.1 Å². The first-order valence-corrected chi connectivity index (χ1v) is 19.9. The molecule has 2 aromatic heterocycles. The van der Waals surface area contributed by atoms with E-state index < -0.39 is 10.0 Å². The average Bonchev–Trinajstić information content (AvgIpc) is 3.64. The second-order valence-electron chi connectivity index (χ2n) is 12.4. The maximum absolute atomic E-state index is 13.7. The Labute approximate surface area is 280 Å². The molecule has 0 amide bonds. The fourth-order valence-corrected chi connectivity index (χ4v) is 8.64. The van der Waals surface area contributed by atoms with Crippen molar-refractivity contribution < 1.29 is 13.2 Å². The second-order valence-corrected chi connectivity index (χ2v) is 15.5. The summed E-state index contributed by atoms with van der Waals surface area (Å²) in [6.45, 7) is 4.32. The lowest BCUT2D eigenvalue weighted by atomic mass is 10.0. The zero-order chi connectivity index (χ0) is 32.5. The number of aromatic nitrogens is 2. The summed E-state index contributed by atoms with van der Waals surface area (Å²) in [5.74, 6) is 0.286. The Morgan fingerprint density at radius 2 is 1.30 bits per heavy atom. The van der Waals surface area contributed by atoms with Crippen LogP contribution in [0.3, 0.4) is 0 Å². The molecular formula is C36H54N4O4S2. The highest BCUT2D eigenvalue weighted by Gasteiger charge is 2.31. The molecule has 1 fully saturated rings. The lowest BCUT2D eigenvalue weighted by Crippen LogP contribution is -2.49. The lowest BCUT2D eigenvalue weighted by molar-refractivity contribution is 0.296. The third-order valence-corrected chi connectivity index (χ3v) is 12.1. The summed E-state index contributed by atoms with van der Waals surface area (Å²) in [5, 5.41) is 6.25. The van der Waals surface area contributed by atoms with Gasteiger partial charge < -0.3 is 9.64 Å². The van der Waals surface area contributed by atoms with Crippen molar-refractivity contribution in [2.24, 2.45) is 0 Å². The normalized spacial score (nSPS) is 14.2. The van der Waals surface area contributed by atoms with Crippen LogP contribution in [-0.4, -0.2) is 55.3 Å². The van der Waals surface area contributed by atoms with Crippen LogP contribution >= 0.6 is 11.3 Å². The highest BCUT2D eigenvalue weighted by molar-refractivity contribution is 7.91. The number of benzene rings is 1. The van der Waals surface area contributed by atoms with Crippen LogP contribution in [0.1, 0.15) is 110 Å². The topological polar surface area (TPSA) is 84.7 Å². The minimum Gasteiger partial charge on any atom is -0.486 e. The largest absolute Gasteiger partial charge is 0.486 e. The van der Waals surface area contributed by atoms with Crippen molar-refractivity contribution in [3.8, 4) is 11.4 Å². The first kappa shape index (κ1) is 36.2. The number of piperazine rings is 1. The number of ether oxygens (including phenoxy) is 1. The second kappa shape index (κ2) is 19.9. The van der Waals surface area contributed by atoms with Gasteiger partial charge in [0.15, 0.2) is 0 Å². The number of sulfonamides is 1. The Morgan fingerprint density at radius 3 is 1.85 bits per heavy atom. The number of hydrogen-bond donors (Lipinski definition) is 0. The predicted molar refractivity (Wildman–Crippen MR) is 190 cm³/mol. The van der Waals surface area contributed by atoms with Gasteiger partial charge in [-0.15, -0.1) is 11.3 Å². The first-order chi connectivity index (χ1) is 22.5. The van der Waals surface area contributed by atoms with Crippen LogP contribution in [0.25, 0.3) is 5.69 Å². The zero-order valence-electron chi connectivity index (χ0n) is 27.8. The number of nitrogens with zero attached hydrogens (tertiary/aromatic N) is 4. The Hall–Kier alpha value is -2.69. The minimum atomic E-state index is -3.51. The van der Waals surface area contributed by atoms with Gasteiger partial charge in [0.05, 0.1) is 18.5 Å². The lowest BCUT2D eigenvalue weighted by Gasteiger charge is -2.35. The van der Waals surface area contributed by atoms with Crippen molar-refractivity contribution in [3.63, 3.8) is 0 Å². The van der Waals surface area contributed by atoms with Gasteiger partial charge in [0.1, 0.15) is 9.90 Å². The number of para-hydroxylation sites is 1. The van der Waals surface area contributed by atoms with Gasteiger partial charge >= 0.3 is 5.56 Å². The van der Waals surface area contributed by atoms with Crippen LogP contribution in [0.5, 0.6) is 5.75 Å². The third kappa shape index (κ3) is 10.9. The average molecular weight is 671 g/mol. The van der Waals surface area contributed by atoms with E-state index in [1.54, 1.807) is 23.7 Å². The quantitative estimate of drug-likeness (QED) is 0.0998. The highest BCUT2D eigenvalue weighted by atomic mass is 32.2. The Balaban J connectivity index is 1.21. The van der Waals surface area contributed by atoms with Crippen LogP contribution in [0.15, 0.2) is 63.0 Å². The first-order valence-electron chi connectivity index (χ1n) is 17.6. The van der Waals surface area contributed by atoms with Crippen molar-refractivity contribution in [2.45, 2.75) is 114 Å². The Bertz CT molecular complexity index is 1420. The van der Waals surface area contributed by atoms with E-state index in [4.69, 9.17) is 4.74 Å². The van der Waals surface area contributed by atoms with Crippen molar-refractivity contribution in [2.75, 3.05) is 37.7 Å². The van der Waals surface area contributed by atoms with Crippen molar-refractivity contribution in [3.05, 3.63) is 64.4 Å². The van der Waals surface area contributed by atoms with E-state index in [1.807, 2.05) is 35.2 Å². The fourth-order valence-electron chi connectivity index (χ4n) is 6.07. The van der Waals surface area contributed by atoms with Crippen molar-refractivity contribution >= 4 is 27.0 Å². The SMILES string of the molecule is CCCCCCCCCCCCCCCCCCOc1c(N2CCN(S(=O)(=O)c3cccs3)CC2)cnn(-c2ccccc2)c1=O. The van der Waals surface area contributed by atoms with Gasteiger partial charge in [-0.25, -0.2) is 8.42 Å². The molecule has 4 rings (SSSR count). The van der Waals surface area contributed by atoms with Gasteiger partial charge in [-0.3, -0.25) is 4.79 Å². The van der Waals surface area contributed by atoms with Gasteiger partial charge in [0.25, 0.3) is 10.0 Å². The molecular weight excluding hydrogens is 617 g/mol. The fraction of sp³-hybridized carbons (Fsp3) is 0.611. The Morgan fingerprint density at radius 1 is 0.739 bits per heavy atom. The number of unbranched alkanes of at least 4 members (excludes halogenated alkanes) is 15. The predicted octanol–water partition coefficient (Wildman–Crippen LogP) is 8.45. The molecule has 0 aliphatic carbocycles. The smallest absolute Gasteiger partial charge is 0.316 e. The van der Waals surface area contributed by atoms with E-state index >= 15 is 0 Å². The molecule has 10 heteroatoms. The molecule has 1 aliphatic rings. The van der Waals surface area contributed by atoms with E-state index in [9.17, 15) is 13.2 Å². The van der Waals surface area contributed by atoms with Gasteiger partial charge in [-0.1, -0.05) is 128 Å². The minimum absolute atomic E-state index is 0.286.